The van der Waals surface area contributed by atoms with E-state index in [2.05, 4.69) is 32.2 Å². The molecule has 0 saturated heterocycles. The van der Waals surface area contributed by atoms with Crippen LogP contribution in [0.1, 0.15) is 52.9 Å². The highest BCUT2D eigenvalue weighted by Crippen LogP contribution is 2.37. The van der Waals surface area contributed by atoms with Crippen molar-refractivity contribution in [1.29, 1.82) is 0 Å². The first-order valence-electron chi connectivity index (χ1n) is 7.79. The fraction of sp³-hybridized carbons (Fsp3) is 0.647. The van der Waals surface area contributed by atoms with Crippen molar-refractivity contribution in [1.82, 2.24) is 0 Å². The molecule has 1 fully saturated rings. The van der Waals surface area contributed by atoms with E-state index in [0.717, 1.165) is 17.9 Å². The van der Waals surface area contributed by atoms with Crippen molar-refractivity contribution in [3.05, 3.63) is 18.2 Å². The summed E-state index contributed by atoms with van der Waals surface area (Å²) in [6.45, 7) is 7.53. The van der Waals surface area contributed by atoms with Gasteiger partial charge >= 0.3 is 0 Å². The van der Waals surface area contributed by atoms with Crippen molar-refractivity contribution in [2.75, 3.05) is 17.7 Å². The Bertz CT molecular complexity index is 443. The van der Waals surface area contributed by atoms with E-state index in [1.54, 1.807) is 0 Å². The van der Waals surface area contributed by atoms with Crippen molar-refractivity contribution in [2.24, 2.45) is 5.41 Å². The molecule has 0 bridgehead atoms. The Labute approximate surface area is 122 Å². The standard InChI is InChI=1S/C17H28N2O/c1-4-10-20-16-11-13(7-8-15(16)18)19-14-6-5-9-17(2,3)12-14/h7-8,11,14,19H,4-6,9-10,12,18H2,1-3H3. The smallest absolute Gasteiger partial charge is 0.144 e. The SMILES string of the molecule is CCCOc1cc(NC2CCCC(C)(C)C2)ccc1N. The molecule has 1 aromatic carbocycles. The summed E-state index contributed by atoms with van der Waals surface area (Å²) in [6, 6.07) is 6.57. The lowest BCUT2D eigenvalue weighted by molar-refractivity contribution is 0.229. The third kappa shape index (κ3) is 4.06. The summed E-state index contributed by atoms with van der Waals surface area (Å²) in [5.74, 6) is 0.798. The zero-order chi connectivity index (χ0) is 14.6. The predicted octanol–water partition coefficient (Wildman–Crippen LogP) is 4.44. The molecule has 3 heteroatoms. The lowest BCUT2D eigenvalue weighted by atomic mass is 9.75. The van der Waals surface area contributed by atoms with Gasteiger partial charge in [0.15, 0.2) is 0 Å². The van der Waals surface area contributed by atoms with Crippen LogP contribution in [0.25, 0.3) is 0 Å². The van der Waals surface area contributed by atoms with E-state index in [1.807, 2.05) is 12.1 Å². The second-order valence-corrected chi connectivity index (χ2v) is 6.70. The molecule has 3 N–H and O–H groups in total. The Hall–Kier alpha value is -1.38. The first-order valence-corrected chi connectivity index (χ1v) is 7.79. The van der Waals surface area contributed by atoms with Gasteiger partial charge in [0.05, 0.1) is 12.3 Å². The zero-order valence-electron chi connectivity index (χ0n) is 13.0. The lowest BCUT2D eigenvalue weighted by Gasteiger charge is -2.36. The Balaban J connectivity index is 2.02. The number of hydrogen-bond acceptors (Lipinski definition) is 3. The fourth-order valence-corrected chi connectivity index (χ4v) is 3.02. The molecule has 20 heavy (non-hydrogen) atoms. The highest BCUT2D eigenvalue weighted by molar-refractivity contribution is 5.61. The van der Waals surface area contributed by atoms with Crippen LogP contribution in [0.15, 0.2) is 18.2 Å². The molecule has 1 unspecified atom stereocenters. The molecule has 1 saturated carbocycles. The van der Waals surface area contributed by atoms with E-state index in [4.69, 9.17) is 10.5 Å². The number of nitrogens with two attached hydrogens (primary N) is 1. The number of benzene rings is 1. The van der Waals surface area contributed by atoms with Crippen LogP contribution < -0.4 is 15.8 Å². The molecule has 1 aliphatic rings. The minimum Gasteiger partial charge on any atom is -0.491 e. The Morgan fingerprint density at radius 1 is 1.40 bits per heavy atom. The summed E-state index contributed by atoms with van der Waals surface area (Å²) < 4.78 is 5.69. The highest BCUT2D eigenvalue weighted by atomic mass is 16.5. The van der Waals surface area contributed by atoms with Gasteiger partial charge < -0.3 is 15.8 Å². The van der Waals surface area contributed by atoms with Gasteiger partial charge in [0.2, 0.25) is 0 Å². The third-order valence-electron chi connectivity index (χ3n) is 4.05. The average molecular weight is 276 g/mol. The van der Waals surface area contributed by atoms with Gasteiger partial charge in [0, 0.05) is 17.8 Å². The van der Waals surface area contributed by atoms with Crippen LogP contribution in [0.2, 0.25) is 0 Å². The molecule has 1 aromatic rings. The molecule has 1 atom stereocenters. The Morgan fingerprint density at radius 2 is 2.20 bits per heavy atom. The minimum atomic E-state index is 0.450. The second-order valence-electron chi connectivity index (χ2n) is 6.70. The molecule has 0 radical (unpaired) electrons. The van der Waals surface area contributed by atoms with Crippen molar-refractivity contribution in [3.8, 4) is 5.75 Å². The van der Waals surface area contributed by atoms with E-state index < -0.39 is 0 Å². The van der Waals surface area contributed by atoms with Gasteiger partial charge in [-0.2, -0.15) is 0 Å². The normalized spacial score (nSPS) is 21.4. The first kappa shape index (κ1) is 15.0. The van der Waals surface area contributed by atoms with Crippen LogP contribution >= 0.6 is 0 Å². The van der Waals surface area contributed by atoms with E-state index in [-0.39, 0.29) is 0 Å². The second kappa shape index (κ2) is 6.38. The summed E-state index contributed by atoms with van der Waals surface area (Å²) in [7, 11) is 0. The molecule has 0 spiro atoms. The summed E-state index contributed by atoms with van der Waals surface area (Å²) in [5, 5.41) is 3.64. The Kier molecular flexibility index (Phi) is 4.79. The molecule has 0 aromatic heterocycles. The molecule has 1 aliphatic carbocycles. The van der Waals surface area contributed by atoms with Gasteiger partial charge in [-0.1, -0.05) is 27.2 Å². The maximum Gasteiger partial charge on any atom is 0.144 e. The van der Waals surface area contributed by atoms with Crippen LogP contribution in [0.5, 0.6) is 5.75 Å². The van der Waals surface area contributed by atoms with Gasteiger partial charge in [0.25, 0.3) is 0 Å². The number of anilines is 2. The number of nitrogen functional groups attached to an aromatic ring is 1. The van der Waals surface area contributed by atoms with Crippen molar-refractivity contribution < 1.29 is 4.74 Å². The van der Waals surface area contributed by atoms with Crippen LogP contribution in [0.3, 0.4) is 0 Å². The van der Waals surface area contributed by atoms with Gasteiger partial charge in [-0.05, 0) is 43.2 Å². The van der Waals surface area contributed by atoms with Gasteiger partial charge in [0.1, 0.15) is 5.75 Å². The Morgan fingerprint density at radius 3 is 2.90 bits per heavy atom. The molecular formula is C17H28N2O. The van der Waals surface area contributed by atoms with Crippen LogP contribution in [-0.2, 0) is 0 Å². The quantitative estimate of drug-likeness (QED) is 0.782. The molecule has 0 aliphatic heterocycles. The molecule has 3 nitrogen and oxygen atoms in total. The molecule has 0 heterocycles. The van der Waals surface area contributed by atoms with Crippen molar-refractivity contribution in [2.45, 2.75) is 58.9 Å². The van der Waals surface area contributed by atoms with E-state index in [9.17, 15) is 0 Å². The van der Waals surface area contributed by atoms with Crippen LogP contribution in [0, 0.1) is 5.41 Å². The summed E-state index contributed by atoms with van der Waals surface area (Å²) in [6.07, 6.45) is 6.10. The monoisotopic (exact) mass is 276 g/mol. The maximum atomic E-state index is 5.95. The molecular weight excluding hydrogens is 248 g/mol. The molecule has 2 rings (SSSR count). The number of hydrogen-bond donors (Lipinski definition) is 2. The van der Waals surface area contributed by atoms with E-state index in [1.165, 1.54) is 25.7 Å². The van der Waals surface area contributed by atoms with Crippen molar-refractivity contribution >= 4 is 11.4 Å². The van der Waals surface area contributed by atoms with Crippen LogP contribution in [0.4, 0.5) is 11.4 Å². The topological polar surface area (TPSA) is 47.3 Å². The number of ether oxygens (including phenoxy) is 1. The zero-order valence-corrected chi connectivity index (χ0v) is 13.0. The highest BCUT2D eigenvalue weighted by Gasteiger charge is 2.27. The maximum absolute atomic E-state index is 5.95. The minimum absolute atomic E-state index is 0.450. The lowest BCUT2D eigenvalue weighted by Crippen LogP contribution is -2.31. The van der Waals surface area contributed by atoms with E-state index >= 15 is 0 Å². The largest absolute Gasteiger partial charge is 0.491 e. The number of nitrogens with one attached hydrogen (secondary N) is 1. The van der Waals surface area contributed by atoms with Gasteiger partial charge in [-0.15, -0.1) is 0 Å². The first-order chi connectivity index (χ1) is 9.50. The molecule has 0 amide bonds. The summed E-state index contributed by atoms with van der Waals surface area (Å²) >= 11 is 0. The van der Waals surface area contributed by atoms with Crippen molar-refractivity contribution in [3.63, 3.8) is 0 Å². The summed E-state index contributed by atoms with van der Waals surface area (Å²) in [4.78, 5) is 0. The van der Waals surface area contributed by atoms with Crippen LogP contribution in [-0.4, -0.2) is 12.6 Å². The molecule has 112 valence electrons. The van der Waals surface area contributed by atoms with Gasteiger partial charge in [-0.3, -0.25) is 0 Å². The average Bonchev–Trinajstić information content (AvgIpc) is 2.38. The summed E-state index contributed by atoms with van der Waals surface area (Å²) in [5.41, 5.74) is 8.24. The van der Waals surface area contributed by atoms with E-state index in [0.29, 0.717) is 23.8 Å². The predicted molar refractivity (Wildman–Crippen MR) is 86.3 cm³/mol. The number of rotatable bonds is 5. The fourth-order valence-electron chi connectivity index (χ4n) is 3.02. The van der Waals surface area contributed by atoms with Gasteiger partial charge in [-0.25, -0.2) is 0 Å². The third-order valence-corrected chi connectivity index (χ3v) is 4.05.